The molecule has 5 rings (SSSR count). The van der Waals surface area contributed by atoms with Gasteiger partial charge in [-0.05, 0) is 44.0 Å². The summed E-state index contributed by atoms with van der Waals surface area (Å²) < 4.78 is 6.95. The molecule has 1 aliphatic heterocycles. The number of carbonyl (C=O) groups is 1. The van der Waals surface area contributed by atoms with Gasteiger partial charge in [0.15, 0.2) is 0 Å². The summed E-state index contributed by atoms with van der Waals surface area (Å²) in [6.07, 6.45) is 2.06. The van der Waals surface area contributed by atoms with Crippen molar-refractivity contribution in [2.24, 2.45) is 0 Å². The fourth-order valence-corrected chi connectivity index (χ4v) is 5.61. The molecule has 1 saturated heterocycles. The van der Waals surface area contributed by atoms with Gasteiger partial charge in [0.1, 0.15) is 0 Å². The zero-order chi connectivity index (χ0) is 21.2. The first-order valence-electron chi connectivity index (χ1n) is 10.3. The molecule has 0 spiro atoms. The summed E-state index contributed by atoms with van der Waals surface area (Å²) in [5.74, 6) is 1.18. The third kappa shape index (κ3) is 4.50. The van der Waals surface area contributed by atoms with Crippen molar-refractivity contribution >= 4 is 39.2 Å². The van der Waals surface area contributed by atoms with Gasteiger partial charge in [-0.3, -0.25) is 4.79 Å². The van der Waals surface area contributed by atoms with E-state index in [1.54, 1.807) is 11.3 Å². The first-order chi connectivity index (χ1) is 15.2. The first kappa shape index (κ1) is 20.2. The molecule has 0 bridgehead atoms. The quantitative estimate of drug-likeness (QED) is 0.392. The molecule has 0 aliphatic carbocycles. The van der Waals surface area contributed by atoms with E-state index in [1.807, 2.05) is 54.3 Å². The SMILES string of the molecule is Cc1cccc(-c2nnc(SCC(=O)N3CCCC(c4nc5ccccc5s4)C3)o2)c1. The number of nitrogens with zero attached hydrogens (tertiary/aromatic N) is 4. The van der Waals surface area contributed by atoms with Crippen LogP contribution in [0.1, 0.15) is 29.3 Å². The van der Waals surface area contributed by atoms with Crippen molar-refractivity contribution in [3.63, 3.8) is 0 Å². The number of piperidine rings is 1. The summed E-state index contributed by atoms with van der Waals surface area (Å²) in [5, 5.41) is 9.77. The fraction of sp³-hybridized carbons (Fsp3) is 0.304. The van der Waals surface area contributed by atoms with E-state index >= 15 is 0 Å². The van der Waals surface area contributed by atoms with Crippen molar-refractivity contribution in [1.29, 1.82) is 0 Å². The lowest BCUT2D eigenvalue weighted by Crippen LogP contribution is -2.40. The summed E-state index contributed by atoms with van der Waals surface area (Å²) >= 11 is 3.04. The van der Waals surface area contributed by atoms with Gasteiger partial charge < -0.3 is 9.32 Å². The van der Waals surface area contributed by atoms with Crippen molar-refractivity contribution in [3.05, 3.63) is 59.1 Å². The number of hydrogen-bond donors (Lipinski definition) is 0. The largest absolute Gasteiger partial charge is 0.411 e. The minimum absolute atomic E-state index is 0.103. The Bertz CT molecular complexity index is 1190. The van der Waals surface area contributed by atoms with E-state index in [0.717, 1.165) is 47.6 Å². The lowest BCUT2D eigenvalue weighted by atomic mass is 9.99. The number of thiazole rings is 1. The Labute approximate surface area is 188 Å². The standard InChI is InChI=1S/C23H22N4O2S2/c1-15-6-4-7-16(12-15)21-25-26-23(29-21)30-14-20(28)27-11-5-8-17(13-27)22-24-18-9-2-3-10-19(18)31-22/h2-4,6-7,9-10,12,17H,5,8,11,13-14H2,1H3. The molecule has 0 saturated carbocycles. The Morgan fingerprint density at radius 2 is 2.13 bits per heavy atom. The van der Waals surface area contributed by atoms with E-state index in [9.17, 15) is 4.79 Å². The van der Waals surface area contributed by atoms with Crippen LogP contribution >= 0.6 is 23.1 Å². The number of fused-ring (bicyclic) bond motifs is 1. The van der Waals surface area contributed by atoms with Crippen LogP contribution < -0.4 is 0 Å². The zero-order valence-electron chi connectivity index (χ0n) is 17.2. The molecule has 2 aromatic carbocycles. The van der Waals surface area contributed by atoms with Crippen LogP contribution in [-0.2, 0) is 4.79 Å². The van der Waals surface area contributed by atoms with E-state index in [4.69, 9.17) is 9.40 Å². The molecule has 6 nitrogen and oxygen atoms in total. The number of hydrogen-bond acceptors (Lipinski definition) is 7. The summed E-state index contributed by atoms with van der Waals surface area (Å²) in [5.41, 5.74) is 3.07. The Morgan fingerprint density at radius 1 is 1.23 bits per heavy atom. The normalized spacial score (nSPS) is 16.7. The van der Waals surface area contributed by atoms with E-state index in [-0.39, 0.29) is 5.91 Å². The number of thioether (sulfide) groups is 1. The number of amides is 1. The molecule has 1 atom stereocenters. The first-order valence-corrected chi connectivity index (χ1v) is 12.1. The molecule has 1 amide bonds. The van der Waals surface area contributed by atoms with Gasteiger partial charge in [0.25, 0.3) is 5.22 Å². The highest BCUT2D eigenvalue weighted by molar-refractivity contribution is 7.99. The molecule has 158 valence electrons. The minimum Gasteiger partial charge on any atom is -0.411 e. The zero-order valence-corrected chi connectivity index (χ0v) is 18.8. The predicted octanol–water partition coefficient (Wildman–Crippen LogP) is 5.15. The molecule has 3 heterocycles. The van der Waals surface area contributed by atoms with Crippen LogP contribution in [0.3, 0.4) is 0 Å². The average Bonchev–Trinajstić information content (AvgIpc) is 3.45. The van der Waals surface area contributed by atoms with Crippen LogP contribution in [-0.4, -0.2) is 44.8 Å². The maximum Gasteiger partial charge on any atom is 0.277 e. The van der Waals surface area contributed by atoms with Crippen molar-refractivity contribution in [3.8, 4) is 11.5 Å². The second-order valence-corrected chi connectivity index (χ2v) is 9.72. The average molecular weight is 451 g/mol. The van der Waals surface area contributed by atoms with Crippen molar-refractivity contribution in [2.75, 3.05) is 18.8 Å². The van der Waals surface area contributed by atoms with Crippen molar-refractivity contribution < 1.29 is 9.21 Å². The highest BCUT2D eigenvalue weighted by Crippen LogP contribution is 2.33. The lowest BCUT2D eigenvalue weighted by molar-refractivity contribution is -0.129. The number of para-hydroxylation sites is 1. The molecule has 0 radical (unpaired) electrons. The Morgan fingerprint density at radius 3 is 3.00 bits per heavy atom. The summed E-state index contributed by atoms with van der Waals surface area (Å²) in [6, 6.07) is 16.1. The lowest BCUT2D eigenvalue weighted by Gasteiger charge is -2.31. The molecule has 31 heavy (non-hydrogen) atoms. The fourth-order valence-electron chi connectivity index (χ4n) is 3.85. The monoisotopic (exact) mass is 450 g/mol. The Balaban J connectivity index is 1.20. The van der Waals surface area contributed by atoms with Crippen molar-refractivity contribution in [1.82, 2.24) is 20.1 Å². The number of benzene rings is 2. The Kier molecular flexibility index (Phi) is 5.74. The molecule has 1 unspecified atom stereocenters. The molecular weight excluding hydrogens is 428 g/mol. The number of aryl methyl sites for hydroxylation is 1. The van der Waals surface area contributed by atoms with Crippen molar-refractivity contribution in [2.45, 2.75) is 30.9 Å². The Hall–Kier alpha value is -2.71. The van der Waals surface area contributed by atoms with Crippen LogP contribution in [0, 0.1) is 6.92 Å². The van der Waals surface area contributed by atoms with Crippen LogP contribution in [0.15, 0.2) is 58.2 Å². The highest BCUT2D eigenvalue weighted by atomic mass is 32.2. The van der Waals surface area contributed by atoms with Gasteiger partial charge in [-0.1, -0.05) is 41.6 Å². The topological polar surface area (TPSA) is 72.1 Å². The second-order valence-electron chi connectivity index (χ2n) is 7.73. The maximum atomic E-state index is 12.8. The number of carbonyl (C=O) groups excluding carboxylic acids is 1. The van der Waals surface area contributed by atoms with Crippen LogP contribution in [0.5, 0.6) is 0 Å². The molecule has 4 aromatic rings. The molecular formula is C23H22N4O2S2. The van der Waals surface area contributed by atoms with Crippen LogP contribution in [0.25, 0.3) is 21.7 Å². The summed E-state index contributed by atoms with van der Waals surface area (Å²) in [6.45, 7) is 3.53. The number of likely N-dealkylation sites (tertiary alicyclic amines) is 1. The van der Waals surface area contributed by atoms with Gasteiger partial charge in [-0.15, -0.1) is 21.5 Å². The predicted molar refractivity (Wildman–Crippen MR) is 123 cm³/mol. The maximum absolute atomic E-state index is 12.8. The number of aromatic nitrogens is 3. The van der Waals surface area contributed by atoms with E-state index in [0.29, 0.717) is 22.8 Å². The van der Waals surface area contributed by atoms with Crippen LogP contribution in [0.4, 0.5) is 0 Å². The van der Waals surface area contributed by atoms with Gasteiger partial charge in [-0.25, -0.2) is 4.98 Å². The van der Waals surface area contributed by atoms with Gasteiger partial charge in [-0.2, -0.15) is 0 Å². The van der Waals surface area contributed by atoms with E-state index in [2.05, 4.69) is 16.3 Å². The van der Waals surface area contributed by atoms with Gasteiger partial charge in [0.2, 0.25) is 11.8 Å². The van der Waals surface area contributed by atoms with Gasteiger partial charge in [0, 0.05) is 24.6 Å². The summed E-state index contributed by atoms with van der Waals surface area (Å²) in [7, 11) is 0. The van der Waals surface area contributed by atoms with Crippen LogP contribution in [0.2, 0.25) is 0 Å². The third-order valence-corrected chi connectivity index (χ3v) is 7.43. The van der Waals surface area contributed by atoms with E-state index in [1.165, 1.54) is 16.5 Å². The highest BCUT2D eigenvalue weighted by Gasteiger charge is 2.27. The molecule has 1 fully saturated rings. The second kappa shape index (κ2) is 8.80. The minimum atomic E-state index is 0.103. The van der Waals surface area contributed by atoms with E-state index < -0.39 is 0 Å². The molecule has 8 heteroatoms. The third-order valence-electron chi connectivity index (χ3n) is 5.42. The van der Waals surface area contributed by atoms with Gasteiger partial charge in [0.05, 0.1) is 21.0 Å². The van der Waals surface area contributed by atoms with Gasteiger partial charge >= 0.3 is 0 Å². The molecule has 2 aromatic heterocycles. The molecule has 1 aliphatic rings. The number of rotatable bonds is 5. The smallest absolute Gasteiger partial charge is 0.277 e. The molecule has 0 N–H and O–H groups in total. The summed E-state index contributed by atoms with van der Waals surface area (Å²) in [4.78, 5) is 19.6.